The number of carboxylic acid groups (broad SMARTS) is 1. The Hall–Kier alpha value is -2.49. The van der Waals surface area contributed by atoms with E-state index < -0.39 is 11.8 Å². The van der Waals surface area contributed by atoms with Gasteiger partial charge in [0.1, 0.15) is 0 Å². The van der Waals surface area contributed by atoms with Gasteiger partial charge in [0.25, 0.3) is 5.79 Å². The van der Waals surface area contributed by atoms with Crippen LogP contribution in [0.4, 0.5) is 0 Å². The van der Waals surface area contributed by atoms with Crippen molar-refractivity contribution in [2.24, 2.45) is 0 Å². The first-order valence-electron chi connectivity index (χ1n) is 6.35. The Morgan fingerprint density at radius 2 is 1.80 bits per heavy atom. The van der Waals surface area contributed by atoms with Crippen LogP contribution in [0.3, 0.4) is 0 Å². The quantitative estimate of drug-likeness (QED) is 0.931. The summed E-state index contributed by atoms with van der Waals surface area (Å²) in [5, 5.41) is 8.82. The van der Waals surface area contributed by atoms with Crippen LogP contribution in [0.1, 0.15) is 18.1 Å². The highest BCUT2D eigenvalue weighted by Crippen LogP contribution is 2.44. The van der Waals surface area contributed by atoms with E-state index in [1.54, 1.807) is 18.2 Å². The van der Waals surface area contributed by atoms with Crippen molar-refractivity contribution in [3.05, 3.63) is 59.7 Å². The minimum Gasteiger partial charge on any atom is -0.481 e. The van der Waals surface area contributed by atoms with Crippen LogP contribution < -0.4 is 9.47 Å². The van der Waals surface area contributed by atoms with Gasteiger partial charge >= 0.3 is 5.97 Å². The van der Waals surface area contributed by atoms with E-state index in [0.717, 1.165) is 5.56 Å². The van der Waals surface area contributed by atoms with Crippen LogP contribution in [-0.4, -0.2) is 11.1 Å². The van der Waals surface area contributed by atoms with Crippen molar-refractivity contribution in [2.45, 2.75) is 19.1 Å². The third kappa shape index (κ3) is 2.20. The molecule has 0 saturated carbocycles. The molecule has 20 heavy (non-hydrogen) atoms. The Labute approximate surface area is 116 Å². The first-order chi connectivity index (χ1) is 9.57. The Morgan fingerprint density at radius 1 is 1.10 bits per heavy atom. The predicted molar refractivity (Wildman–Crippen MR) is 72.8 cm³/mol. The lowest BCUT2D eigenvalue weighted by atomic mass is 10.1. The normalized spacial score (nSPS) is 19.9. The number of rotatable bonds is 3. The maximum absolute atomic E-state index is 10.7. The molecule has 3 rings (SSSR count). The first-order valence-corrected chi connectivity index (χ1v) is 6.35. The third-order valence-electron chi connectivity index (χ3n) is 3.27. The molecular formula is C16H14O4. The summed E-state index contributed by atoms with van der Waals surface area (Å²) in [6.45, 7) is 1.85. The van der Waals surface area contributed by atoms with Gasteiger partial charge < -0.3 is 14.6 Å². The molecule has 0 spiro atoms. The van der Waals surface area contributed by atoms with Crippen LogP contribution in [0.25, 0.3) is 0 Å². The van der Waals surface area contributed by atoms with Crippen molar-refractivity contribution in [3.63, 3.8) is 0 Å². The van der Waals surface area contributed by atoms with Gasteiger partial charge in [0.05, 0.1) is 6.42 Å². The van der Waals surface area contributed by atoms with Crippen LogP contribution in [0, 0.1) is 0 Å². The number of fused-ring (bicyclic) bond motifs is 1. The van der Waals surface area contributed by atoms with Gasteiger partial charge in [0, 0.05) is 12.5 Å². The monoisotopic (exact) mass is 270 g/mol. The number of hydrogen-bond donors (Lipinski definition) is 1. The molecule has 0 saturated heterocycles. The average Bonchev–Trinajstić information content (AvgIpc) is 2.76. The predicted octanol–water partition coefficient (Wildman–Crippen LogP) is 2.96. The smallest absolute Gasteiger partial charge is 0.307 e. The standard InChI is InChI=1S/C16H14O4/c1-16(12-5-3-2-4-6-12)19-13-8-7-11(10-15(17)18)9-14(13)20-16/h2-9H,10H2,1H3,(H,17,18). The van der Waals surface area contributed by atoms with Crippen molar-refractivity contribution >= 4 is 5.97 Å². The van der Waals surface area contributed by atoms with Crippen molar-refractivity contribution < 1.29 is 19.4 Å². The van der Waals surface area contributed by atoms with Crippen LogP contribution >= 0.6 is 0 Å². The van der Waals surface area contributed by atoms with E-state index in [1.807, 2.05) is 37.3 Å². The number of ether oxygens (including phenoxy) is 2. The lowest BCUT2D eigenvalue weighted by Crippen LogP contribution is -2.31. The Balaban J connectivity index is 1.90. The number of carboxylic acids is 1. The van der Waals surface area contributed by atoms with E-state index >= 15 is 0 Å². The Bertz CT molecular complexity index is 651. The van der Waals surface area contributed by atoms with Gasteiger partial charge in [-0.05, 0) is 17.7 Å². The molecule has 0 amide bonds. The molecule has 4 nitrogen and oxygen atoms in total. The summed E-state index contributed by atoms with van der Waals surface area (Å²) < 4.78 is 11.8. The van der Waals surface area contributed by atoms with Gasteiger partial charge in [0.2, 0.25) is 0 Å². The third-order valence-corrected chi connectivity index (χ3v) is 3.27. The van der Waals surface area contributed by atoms with Gasteiger partial charge in [-0.2, -0.15) is 0 Å². The fraction of sp³-hybridized carbons (Fsp3) is 0.188. The molecule has 0 bridgehead atoms. The van der Waals surface area contributed by atoms with E-state index in [4.69, 9.17) is 14.6 Å². The molecule has 1 aliphatic heterocycles. The second-order valence-electron chi connectivity index (χ2n) is 4.87. The maximum Gasteiger partial charge on any atom is 0.307 e. The van der Waals surface area contributed by atoms with E-state index in [9.17, 15) is 4.79 Å². The molecule has 2 aromatic carbocycles. The van der Waals surface area contributed by atoms with Gasteiger partial charge in [-0.3, -0.25) is 4.79 Å². The van der Waals surface area contributed by atoms with Crippen LogP contribution in [0.15, 0.2) is 48.5 Å². The van der Waals surface area contributed by atoms with Crippen molar-refractivity contribution in [2.75, 3.05) is 0 Å². The number of hydrogen-bond acceptors (Lipinski definition) is 3. The first kappa shape index (κ1) is 12.5. The summed E-state index contributed by atoms with van der Waals surface area (Å²) in [6, 6.07) is 14.9. The highest BCUT2D eigenvalue weighted by Gasteiger charge is 2.38. The fourth-order valence-electron chi connectivity index (χ4n) is 2.30. The van der Waals surface area contributed by atoms with Crippen molar-refractivity contribution in [3.8, 4) is 11.5 Å². The number of benzene rings is 2. The molecule has 1 aliphatic rings. The molecule has 102 valence electrons. The molecule has 4 heteroatoms. The van der Waals surface area contributed by atoms with Crippen LogP contribution in [0.5, 0.6) is 11.5 Å². The molecule has 1 unspecified atom stereocenters. The summed E-state index contributed by atoms with van der Waals surface area (Å²) in [7, 11) is 0. The van der Waals surface area contributed by atoms with Crippen molar-refractivity contribution in [1.82, 2.24) is 0 Å². The summed E-state index contributed by atoms with van der Waals surface area (Å²) in [6.07, 6.45) is -0.0291. The Morgan fingerprint density at radius 3 is 2.50 bits per heavy atom. The summed E-state index contributed by atoms with van der Waals surface area (Å²) in [5.41, 5.74) is 1.60. The largest absolute Gasteiger partial charge is 0.481 e. The second kappa shape index (κ2) is 4.56. The highest BCUT2D eigenvalue weighted by molar-refractivity contribution is 5.70. The zero-order valence-electron chi connectivity index (χ0n) is 11.0. The van der Waals surface area contributed by atoms with Gasteiger partial charge in [-0.25, -0.2) is 0 Å². The average molecular weight is 270 g/mol. The summed E-state index contributed by atoms with van der Waals surface area (Å²) in [4.78, 5) is 10.7. The molecule has 1 N–H and O–H groups in total. The molecule has 1 heterocycles. The number of carbonyl (C=O) groups is 1. The van der Waals surface area contributed by atoms with E-state index in [0.29, 0.717) is 17.1 Å². The molecule has 0 aromatic heterocycles. The van der Waals surface area contributed by atoms with E-state index in [-0.39, 0.29) is 6.42 Å². The maximum atomic E-state index is 10.7. The molecule has 0 radical (unpaired) electrons. The summed E-state index contributed by atoms with van der Waals surface area (Å²) >= 11 is 0. The van der Waals surface area contributed by atoms with Gasteiger partial charge in [-0.15, -0.1) is 0 Å². The molecule has 0 fully saturated rings. The molecule has 2 aromatic rings. The van der Waals surface area contributed by atoms with Gasteiger partial charge in [-0.1, -0.05) is 36.4 Å². The van der Waals surface area contributed by atoms with E-state index in [2.05, 4.69) is 0 Å². The van der Waals surface area contributed by atoms with Crippen LogP contribution in [0.2, 0.25) is 0 Å². The van der Waals surface area contributed by atoms with Crippen molar-refractivity contribution in [1.29, 1.82) is 0 Å². The zero-order chi connectivity index (χ0) is 14.2. The zero-order valence-corrected chi connectivity index (χ0v) is 11.0. The molecule has 1 atom stereocenters. The van der Waals surface area contributed by atoms with E-state index in [1.165, 1.54) is 0 Å². The minimum absolute atomic E-state index is 0.0291. The summed E-state index contributed by atoms with van der Waals surface area (Å²) in [5.74, 6) is -0.527. The second-order valence-corrected chi connectivity index (χ2v) is 4.87. The molecule has 0 aliphatic carbocycles. The number of aliphatic carboxylic acids is 1. The lowest BCUT2D eigenvalue weighted by molar-refractivity contribution is -0.136. The Kier molecular flexibility index (Phi) is 2.86. The van der Waals surface area contributed by atoms with Gasteiger partial charge in [0.15, 0.2) is 11.5 Å². The highest BCUT2D eigenvalue weighted by atomic mass is 16.7. The molecular weight excluding hydrogens is 256 g/mol. The minimum atomic E-state index is -0.870. The lowest BCUT2D eigenvalue weighted by Gasteiger charge is -2.23. The SMILES string of the molecule is CC1(c2ccccc2)Oc2ccc(CC(=O)O)cc2O1. The fourth-order valence-corrected chi connectivity index (χ4v) is 2.30. The topological polar surface area (TPSA) is 55.8 Å². The van der Waals surface area contributed by atoms with Crippen LogP contribution in [-0.2, 0) is 17.0 Å².